The number of hydrogen-bond donors (Lipinski definition) is 1. The summed E-state index contributed by atoms with van der Waals surface area (Å²) >= 11 is 8.57. The summed E-state index contributed by atoms with van der Waals surface area (Å²) in [5.74, 6) is 0. The van der Waals surface area contributed by atoms with E-state index < -0.39 is 0 Å². The van der Waals surface area contributed by atoms with Gasteiger partial charge in [0.2, 0.25) is 0 Å². The minimum absolute atomic E-state index is 0.379. The fraction of sp³-hybridized carbons (Fsp3) is 0.625. The first-order chi connectivity index (χ1) is 9.70. The molecule has 0 amide bonds. The molecule has 0 aliphatic carbocycles. The van der Waals surface area contributed by atoms with Crippen molar-refractivity contribution in [3.05, 3.63) is 32.4 Å². The minimum Gasteiger partial charge on any atom is -0.378 e. The zero-order valence-electron chi connectivity index (χ0n) is 12.0. The van der Waals surface area contributed by atoms with Crippen LogP contribution in [0.2, 0.25) is 5.02 Å². The van der Waals surface area contributed by atoms with Gasteiger partial charge in [0.25, 0.3) is 0 Å². The Hall–Kier alpha value is 0.160. The average molecular weight is 408 g/mol. The maximum absolute atomic E-state index is 6.17. The van der Waals surface area contributed by atoms with Gasteiger partial charge in [0.05, 0.1) is 6.10 Å². The van der Waals surface area contributed by atoms with E-state index in [0.29, 0.717) is 12.1 Å². The summed E-state index contributed by atoms with van der Waals surface area (Å²) in [7, 11) is 0. The Kier molecular flexibility index (Phi) is 7.08. The van der Waals surface area contributed by atoms with Crippen molar-refractivity contribution in [3.63, 3.8) is 0 Å². The summed E-state index contributed by atoms with van der Waals surface area (Å²) in [4.78, 5) is 0. The van der Waals surface area contributed by atoms with E-state index in [1.54, 1.807) is 0 Å². The third kappa shape index (κ3) is 4.86. The van der Waals surface area contributed by atoms with E-state index in [4.69, 9.17) is 16.3 Å². The lowest BCUT2D eigenvalue weighted by Gasteiger charge is -2.22. The molecule has 1 aliphatic rings. The van der Waals surface area contributed by atoms with Crippen LogP contribution in [-0.4, -0.2) is 19.3 Å². The average Bonchev–Trinajstić information content (AvgIpc) is 2.95. The van der Waals surface area contributed by atoms with Crippen LogP contribution < -0.4 is 5.32 Å². The highest BCUT2D eigenvalue weighted by Gasteiger charge is 2.20. The molecule has 0 bridgehead atoms. The maximum atomic E-state index is 6.17. The van der Waals surface area contributed by atoms with Gasteiger partial charge in [0, 0.05) is 21.2 Å². The molecular formula is C16H23ClINO. The smallest absolute Gasteiger partial charge is 0.0576 e. The molecule has 1 aromatic rings. The molecule has 2 unspecified atom stereocenters. The highest BCUT2D eigenvalue weighted by Crippen LogP contribution is 2.29. The molecule has 0 aromatic heterocycles. The lowest BCUT2D eigenvalue weighted by molar-refractivity contribution is 0.0995. The zero-order chi connectivity index (χ0) is 14.4. The van der Waals surface area contributed by atoms with Crippen LogP contribution in [0.1, 0.15) is 50.6 Å². The van der Waals surface area contributed by atoms with E-state index in [2.05, 4.69) is 47.0 Å². The quantitative estimate of drug-likeness (QED) is 0.646. The predicted molar refractivity (Wildman–Crippen MR) is 93.4 cm³/mol. The van der Waals surface area contributed by atoms with E-state index in [1.165, 1.54) is 22.0 Å². The van der Waals surface area contributed by atoms with Crippen LogP contribution in [0.4, 0.5) is 0 Å². The van der Waals surface area contributed by atoms with Gasteiger partial charge in [-0.15, -0.1) is 0 Å². The second-order valence-electron chi connectivity index (χ2n) is 5.38. The molecule has 1 saturated heterocycles. The van der Waals surface area contributed by atoms with Crippen LogP contribution in [0, 0.1) is 3.57 Å². The number of benzene rings is 1. The molecule has 20 heavy (non-hydrogen) atoms. The van der Waals surface area contributed by atoms with Gasteiger partial charge in [-0.1, -0.05) is 18.5 Å². The van der Waals surface area contributed by atoms with Gasteiger partial charge in [0.1, 0.15) is 0 Å². The summed E-state index contributed by atoms with van der Waals surface area (Å²) in [6, 6.07) is 6.55. The van der Waals surface area contributed by atoms with Crippen LogP contribution in [0.5, 0.6) is 0 Å². The van der Waals surface area contributed by atoms with E-state index in [-0.39, 0.29) is 0 Å². The maximum Gasteiger partial charge on any atom is 0.0576 e. The highest BCUT2D eigenvalue weighted by molar-refractivity contribution is 14.1. The van der Waals surface area contributed by atoms with Gasteiger partial charge in [-0.3, -0.25) is 0 Å². The number of ether oxygens (including phenoxy) is 1. The Morgan fingerprint density at radius 3 is 3.05 bits per heavy atom. The van der Waals surface area contributed by atoms with Gasteiger partial charge in [-0.2, -0.15) is 0 Å². The third-order valence-corrected chi connectivity index (χ3v) is 4.99. The summed E-state index contributed by atoms with van der Waals surface area (Å²) in [5, 5.41) is 4.48. The van der Waals surface area contributed by atoms with Crippen molar-refractivity contribution >= 4 is 34.2 Å². The molecule has 2 rings (SSSR count). The van der Waals surface area contributed by atoms with Gasteiger partial charge >= 0.3 is 0 Å². The Morgan fingerprint density at radius 1 is 1.50 bits per heavy atom. The molecule has 112 valence electrons. The molecule has 4 heteroatoms. The summed E-state index contributed by atoms with van der Waals surface area (Å²) in [6.07, 6.45) is 6.27. The third-order valence-electron chi connectivity index (χ3n) is 3.78. The Bertz CT molecular complexity index is 421. The highest BCUT2D eigenvalue weighted by atomic mass is 127. The van der Waals surface area contributed by atoms with Crippen molar-refractivity contribution in [2.75, 3.05) is 13.2 Å². The van der Waals surface area contributed by atoms with Gasteiger partial charge < -0.3 is 10.1 Å². The molecule has 2 nitrogen and oxygen atoms in total. The van der Waals surface area contributed by atoms with E-state index in [9.17, 15) is 0 Å². The van der Waals surface area contributed by atoms with Crippen LogP contribution in [0.3, 0.4) is 0 Å². The van der Waals surface area contributed by atoms with E-state index >= 15 is 0 Å². The fourth-order valence-electron chi connectivity index (χ4n) is 2.69. The molecule has 0 saturated carbocycles. The van der Waals surface area contributed by atoms with Gasteiger partial charge in [-0.05, 0) is 85.0 Å². The van der Waals surface area contributed by atoms with Crippen LogP contribution in [0.15, 0.2) is 18.2 Å². The van der Waals surface area contributed by atoms with Crippen molar-refractivity contribution in [1.29, 1.82) is 0 Å². The first-order valence-corrected chi connectivity index (χ1v) is 8.96. The van der Waals surface area contributed by atoms with Crippen molar-refractivity contribution < 1.29 is 4.74 Å². The predicted octanol–water partition coefficient (Wildman–Crippen LogP) is 4.94. The lowest BCUT2D eigenvalue weighted by Crippen LogP contribution is -2.24. The van der Waals surface area contributed by atoms with Crippen molar-refractivity contribution in [2.24, 2.45) is 0 Å². The molecule has 0 radical (unpaired) electrons. The summed E-state index contributed by atoms with van der Waals surface area (Å²) in [5.41, 5.74) is 1.32. The number of nitrogens with one attached hydrogen (secondary N) is 1. The normalized spacial score (nSPS) is 20.2. The lowest BCUT2D eigenvalue weighted by atomic mass is 9.99. The number of hydrogen-bond acceptors (Lipinski definition) is 2. The summed E-state index contributed by atoms with van der Waals surface area (Å²) in [6.45, 7) is 4.18. The largest absolute Gasteiger partial charge is 0.378 e. The molecule has 0 spiro atoms. The van der Waals surface area contributed by atoms with E-state index in [1.807, 2.05) is 6.07 Å². The first kappa shape index (κ1) is 16.5. The van der Waals surface area contributed by atoms with Crippen LogP contribution in [-0.2, 0) is 4.74 Å². The van der Waals surface area contributed by atoms with Crippen LogP contribution >= 0.6 is 34.2 Å². The Labute approximate surface area is 140 Å². The summed E-state index contributed by atoms with van der Waals surface area (Å²) < 4.78 is 7.03. The van der Waals surface area contributed by atoms with Crippen LogP contribution in [0.25, 0.3) is 0 Å². The standard InChI is InChI=1S/C16H23ClINO/c1-2-9-19-16(8-6-13-4-3-10-20-13)14-11-12(17)5-7-15(14)18/h5,7,11,13,16,19H,2-4,6,8-10H2,1H3. The fourth-order valence-corrected chi connectivity index (χ4v) is 3.58. The number of halogens is 2. The molecule has 1 aromatic carbocycles. The van der Waals surface area contributed by atoms with Crippen molar-refractivity contribution in [1.82, 2.24) is 5.32 Å². The molecule has 1 heterocycles. The number of rotatable bonds is 7. The second kappa shape index (κ2) is 8.57. The first-order valence-electron chi connectivity index (χ1n) is 7.50. The Morgan fingerprint density at radius 2 is 2.35 bits per heavy atom. The molecular weight excluding hydrogens is 385 g/mol. The molecule has 2 atom stereocenters. The molecule has 1 N–H and O–H groups in total. The van der Waals surface area contributed by atoms with Crippen molar-refractivity contribution in [3.8, 4) is 0 Å². The van der Waals surface area contributed by atoms with Gasteiger partial charge in [0.15, 0.2) is 0 Å². The molecule has 1 fully saturated rings. The Balaban J connectivity index is 2.02. The second-order valence-corrected chi connectivity index (χ2v) is 6.98. The monoisotopic (exact) mass is 407 g/mol. The van der Waals surface area contributed by atoms with E-state index in [0.717, 1.165) is 37.4 Å². The van der Waals surface area contributed by atoms with Gasteiger partial charge in [-0.25, -0.2) is 0 Å². The SMILES string of the molecule is CCCNC(CCC1CCCO1)c1cc(Cl)ccc1I. The topological polar surface area (TPSA) is 21.3 Å². The minimum atomic E-state index is 0.379. The zero-order valence-corrected chi connectivity index (χ0v) is 14.9. The molecule has 1 aliphatic heterocycles. The van der Waals surface area contributed by atoms with Crippen molar-refractivity contribution in [2.45, 2.75) is 51.2 Å².